The van der Waals surface area contributed by atoms with Crippen LogP contribution < -0.4 is 15.2 Å². The summed E-state index contributed by atoms with van der Waals surface area (Å²) < 4.78 is 18.6. The summed E-state index contributed by atoms with van der Waals surface area (Å²) in [6.45, 7) is 3.21. The number of para-hydroxylation sites is 1. The van der Waals surface area contributed by atoms with Crippen LogP contribution in [-0.4, -0.2) is 33.7 Å². The van der Waals surface area contributed by atoms with Gasteiger partial charge in [-0.25, -0.2) is 9.18 Å². The van der Waals surface area contributed by atoms with Crippen molar-refractivity contribution in [3.63, 3.8) is 0 Å². The van der Waals surface area contributed by atoms with Crippen LogP contribution in [0.3, 0.4) is 0 Å². The third-order valence-electron chi connectivity index (χ3n) is 5.06. The summed E-state index contributed by atoms with van der Waals surface area (Å²) in [5.74, 6) is -1.08. The van der Waals surface area contributed by atoms with Crippen LogP contribution in [-0.2, 0) is 4.79 Å². The molecule has 1 aliphatic rings. The molecule has 0 fully saturated rings. The molecule has 0 aromatic heterocycles. The van der Waals surface area contributed by atoms with E-state index in [1.165, 1.54) is 18.2 Å². The van der Waals surface area contributed by atoms with Gasteiger partial charge in [0.15, 0.2) is 5.71 Å². The fraction of sp³-hybridized carbons (Fsp3) is 0.0833. The van der Waals surface area contributed by atoms with Crippen LogP contribution in [0.1, 0.15) is 12.5 Å². The van der Waals surface area contributed by atoms with Crippen LogP contribution in [0.25, 0.3) is 11.1 Å². The van der Waals surface area contributed by atoms with E-state index in [9.17, 15) is 19.1 Å². The quantitative estimate of drug-likeness (QED) is 0.218. The molecule has 0 saturated heterocycles. The van der Waals surface area contributed by atoms with Gasteiger partial charge in [-0.05, 0) is 55.3 Å². The molecular formula is C24H19FN4O5. The Kier molecular flexibility index (Phi) is 5.96. The van der Waals surface area contributed by atoms with Crippen molar-refractivity contribution in [1.82, 2.24) is 0 Å². The van der Waals surface area contributed by atoms with Crippen LogP contribution in [0.4, 0.5) is 20.6 Å². The van der Waals surface area contributed by atoms with E-state index in [1.54, 1.807) is 56.3 Å². The van der Waals surface area contributed by atoms with Crippen molar-refractivity contribution in [3.8, 4) is 22.6 Å². The molecule has 1 heterocycles. The third-order valence-corrected chi connectivity index (χ3v) is 5.06. The number of nitrogens with zero attached hydrogens (tertiary/aromatic N) is 3. The van der Waals surface area contributed by atoms with Gasteiger partial charge in [-0.2, -0.15) is 15.2 Å². The summed E-state index contributed by atoms with van der Waals surface area (Å²) in [5.41, 5.74) is 4.81. The molecule has 0 aliphatic carbocycles. The highest BCUT2D eigenvalue weighted by atomic mass is 19.1. The second-order valence-electron chi connectivity index (χ2n) is 7.41. The second-order valence-corrected chi connectivity index (χ2v) is 7.41. The molecule has 1 aliphatic heterocycles. The summed E-state index contributed by atoms with van der Waals surface area (Å²) in [7, 11) is 0. The van der Waals surface area contributed by atoms with Crippen molar-refractivity contribution in [2.24, 2.45) is 10.2 Å². The lowest BCUT2D eigenvalue weighted by molar-refractivity contribution is -0.112. The van der Waals surface area contributed by atoms with Crippen LogP contribution in [0, 0.1) is 12.7 Å². The van der Waals surface area contributed by atoms with Gasteiger partial charge >= 0.3 is 12.1 Å². The molecule has 0 saturated carbocycles. The Morgan fingerprint density at radius 1 is 1.12 bits per heavy atom. The number of benzene rings is 3. The average Bonchev–Trinajstić information content (AvgIpc) is 3.08. The zero-order valence-electron chi connectivity index (χ0n) is 18.1. The van der Waals surface area contributed by atoms with Crippen molar-refractivity contribution in [2.75, 3.05) is 10.4 Å². The fourth-order valence-corrected chi connectivity index (χ4v) is 3.33. The van der Waals surface area contributed by atoms with E-state index in [0.29, 0.717) is 22.4 Å². The summed E-state index contributed by atoms with van der Waals surface area (Å²) in [5, 5.41) is 28.9. The van der Waals surface area contributed by atoms with E-state index in [1.807, 2.05) is 0 Å². The number of hydrogen-bond donors (Lipinski definition) is 3. The van der Waals surface area contributed by atoms with Crippen molar-refractivity contribution >= 4 is 34.9 Å². The number of hydrogen-bond acceptors (Lipinski definition) is 7. The minimum absolute atomic E-state index is 0.00245. The SMILES string of the molecule is CC1=NN(c2ccc(C)c(F)c2)C(=O)C1=NNc1cccc(-c2cccc(OC(=O)O)c2)c1O. The van der Waals surface area contributed by atoms with E-state index < -0.39 is 17.9 Å². The number of aromatic hydroxyl groups is 1. The van der Waals surface area contributed by atoms with E-state index >= 15 is 0 Å². The molecule has 3 aromatic carbocycles. The molecule has 3 N–H and O–H groups in total. The van der Waals surface area contributed by atoms with Gasteiger partial charge in [0.2, 0.25) is 0 Å². The number of phenols is 1. The van der Waals surface area contributed by atoms with E-state index in [4.69, 9.17) is 5.11 Å². The first-order valence-corrected chi connectivity index (χ1v) is 10.1. The maximum atomic E-state index is 13.9. The second kappa shape index (κ2) is 9.02. The number of anilines is 2. The number of carboxylic acid groups (broad SMARTS) is 1. The Labute approximate surface area is 193 Å². The van der Waals surface area contributed by atoms with Crippen LogP contribution >= 0.6 is 0 Å². The molecule has 0 unspecified atom stereocenters. The molecule has 172 valence electrons. The number of amides is 1. The molecule has 9 nitrogen and oxygen atoms in total. The third kappa shape index (κ3) is 4.42. The molecule has 0 atom stereocenters. The first-order chi connectivity index (χ1) is 16.2. The van der Waals surface area contributed by atoms with E-state index in [2.05, 4.69) is 20.4 Å². The summed E-state index contributed by atoms with van der Waals surface area (Å²) in [6, 6.07) is 15.4. The molecular weight excluding hydrogens is 443 g/mol. The predicted octanol–water partition coefficient (Wildman–Crippen LogP) is 4.75. The Bertz CT molecular complexity index is 1370. The lowest BCUT2D eigenvalue weighted by Crippen LogP contribution is -2.28. The molecule has 4 rings (SSSR count). The van der Waals surface area contributed by atoms with Crippen molar-refractivity contribution in [2.45, 2.75) is 13.8 Å². The van der Waals surface area contributed by atoms with Gasteiger partial charge in [-0.3, -0.25) is 10.2 Å². The highest BCUT2D eigenvalue weighted by Crippen LogP contribution is 2.36. The number of ether oxygens (including phenoxy) is 1. The van der Waals surface area contributed by atoms with E-state index in [0.717, 1.165) is 5.01 Å². The highest BCUT2D eigenvalue weighted by molar-refractivity contribution is 6.71. The minimum Gasteiger partial charge on any atom is -0.505 e. The van der Waals surface area contributed by atoms with Gasteiger partial charge in [0.05, 0.1) is 17.1 Å². The Morgan fingerprint density at radius 3 is 2.62 bits per heavy atom. The van der Waals surface area contributed by atoms with Crippen LogP contribution in [0.15, 0.2) is 70.9 Å². The Hall–Kier alpha value is -4.73. The molecule has 34 heavy (non-hydrogen) atoms. The number of aryl methyl sites for hydroxylation is 1. The number of phenolic OH excluding ortho intramolecular Hbond substituents is 1. The van der Waals surface area contributed by atoms with Gasteiger partial charge in [0, 0.05) is 5.56 Å². The summed E-state index contributed by atoms with van der Waals surface area (Å²) in [6.07, 6.45) is -1.45. The van der Waals surface area contributed by atoms with Crippen LogP contribution in [0.2, 0.25) is 0 Å². The van der Waals surface area contributed by atoms with Crippen LogP contribution in [0.5, 0.6) is 11.5 Å². The first-order valence-electron chi connectivity index (χ1n) is 10.1. The lowest BCUT2D eigenvalue weighted by Gasteiger charge is -2.12. The summed E-state index contributed by atoms with van der Waals surface area (Å²) >= 11 is 0. The Morgan fingerprint density at radius 2 is 1.88 bits per heavy atom. The van der Waals surface area contributed by atoms with Crippen molar-refractivity contribution < 1.29 is 28.9 Å². The first kappa shape index (κ1) is 22.5. The molecule has 0 spiro atoms. The molecule has 1 amide bonds. The monoisotopic (exact) mass is 462 g/mol. The average molecular weight is 462 g/mol. The molecule has 3 aromatic rings. The number of nitrogens with one attached hydrogen (secondary N) is 1. The number of hydrazone groups is 2. The summed E-state index contributed by atoms with van der Waals surface area (Å²) in [4.78, 5) is 23.6. The van der Waals surface area contributed by atoms with Crippen molar-refractivity contribution in [1.29, 1.82) is 0 Å². The topological polar surface area (TPSA) is 124 Å². The fourth-order valence-electron chi connectivity index (χ4n) is 3.33. The number of rotatable bonds is 5. The predicted molar refractivity (Wildman–Crippen MR) is 125 cm³/mol. The maximum absolute atomic E-state index is 13.9. The maximum Gasteiger partial charge on any atom is 0.511 e. The lowest BCUT2D eigenvalue weighted by atomic mass is 10.0. The Balaban J connectivity index is 1.59. The minimum atomic E-state index is -1.45. The highest BCUT2D eigenvalue weighted by Gasteiger charge is 2.31. The van der Waals surface area contributed by atoms with Gasteiger partial charge < -0.3 is 14.9 Å². The normalized spacial score (nSPS) is 14.3. The zero-order valence-corrected chi connectivity index (χ0v) is 18.1. The van der Waals surface area contributed by atoms with Gasteiger partial charge in [-0.1, -0.05) is 30.3 Å². The van der Waals surface area contributed by atoms with Gasteiger partial charge in [0.1, 0.15) is 17.3 Å². The van der Waals surface area contributed by atoms with E-state index in [-0.39, 0.29) is 28.6 Å². The number of carbonyl (C=O) groups is 2. The largest absolute Gasteiger partial charge is 0.511 e. The molecule has 0 bridgehead atoms. The molecule has 0 radical (unpaired) electrons. The number of halogens is 1. The molecule has 10 heteroatoms. The van der Waals surface area contributed by atoms with Gasteiger partial charge in [-0.15, -0.1) is 0 Å². The number of carbonyl (C=O) groups excluding carboxylic acids is 1. The zero-order chi connectivity index (χ0) is 24.4. The van der Waals surface area contributed by atoms with Crippen molar-refractivity contribution in [3.05, 3.63) is 72.0 Å². The van der Waals surface area contributed by atoms with Gasteiger partial charge in [0.25, 0.3) is 0 Å². The standard InChI is InChI=1S/C24H19FN4O5/c1-13-9-10-16(12-19(13)25)29-23(31)21(14(2)28-29)27-26-20-8-4-7-18(22(20)30)15-5-3-6-17(11-15)34-24(32)33/h3-12,26,30H,1-2H3,(H,32,33). The smallest absolute Gasteiger partial charge is 0.505 e.